The van der Waals surface area contributed by atoms with Crippen LogP contribution >= 0.6 is 23.5 Å². The summed E-state index contributed by atoms with van der Waals surface area (Å²) in [5, 5.41) is 5.56. The Morgan fingerprint density at radius 2 is 1.96 bits per heavy atom. The molecule has 3 aromatic rings. The van der Waals surface area contributed by atoms with Crippen LogP contribution in [0.2, 0.25) is 0 Å². The summed E-state index contributed by atoms with van der Waals surface area (Å²) in [6.45, 7) is 2.06. The van der Waals surface area contributed by atoms with Crippen molar-refractivity contribution in [2.24, 2.45) is 0 Å². The molecule has 0 bridgehead atoms. The Labute approximate surface area is 160 Å². The van der Waals surface area contributed by atoms with Crippen LogP contribution in [0.5, 0.6) is 0 Å². The highest BCUT2D eigenvalue weighted by atomic mass is 32.2. The summed E-state index contributed by atoms with van der Waals surface area (Å²) in [7, 11) is 0. The number of carbonyl (C=O) groups is 1. The quantitative estimate of drug-likeness (QED) is 0.476. The smallest absolute Gasteiger partial charge is 0.251 e. The van der Waals surface area contributed by atoms with E-state index in [1.807, 2.05) is 42.5 Å². The fraction of sp³-hybridized carbons (Fsp3) is 0.211. The lowest BCUT2D eigenvalue weighted by atomic mass is 10.1. The molecule has 0 fully saturated rings. The van der Waals surface area contributed by atoms with Crippen molar-refractivity contribution in [3.63, 3.8) is 0 Å². The molecule has 1 heterocycles. The lowest BCUT2D eigenvalue weighted by molar-refractivity contribution is -0.113. The molecule has 7 heteroatoms. The Balaban J connectivity index is 1.61. The van der Waals surface area contributed by atoms with Gasteiger partial charge in [0.2, 0.25) is 5.91 Å². The SMILES string of the molecule is CCSCc1cc(=O)[nH]c(SCC(=O)Nc2ccc3ccccc3c2)n1. The molecule has 0 spiro atoms. The van der Waals surface area contributed by atoms with Gasteiger partial charge in [-0.2, -0.15) is 11.8 Å². The van der Waals surface area contributed by atoms with Crippen LogP contribution in [0.3, 0.4) is 0 Å². The fourth-order valence-corrected chi connectivity index (χ4v) is 3.69. The lowest BCUT2D eigenvalue weighted by Crippen LogP contribution is -2.15. The normalized spacial score (nSPS) is 10.8. The molecule has 0 unspecified atom stereocenters. The van der Waals surface area contributed by atoms with Gasteiger partial charge in [-0.25, -0.2) is 4.98 Å². The molecule has 5 nitrogen and oxygen atoms in total. The molecule has 2 N–H and O–H groups in total. The van der Waals surface area contributed by atoms with E-state index in [0.717, 1.165) is 27.9 Å². The highest BCUT2D eigenvalue weighted by Gasteiger charge is 2.07. The Hall–Kier alpha value is -2.25. The minimum absolute atomic E-state index is 0.138. The van der Waals surface area contributed by atoms with E-state index in [0.29, 0.717) is 10.9 Å². The summed E-state index contributed by atoms with van der Waals surface area (Å²) in [5.41, 5.74) is 1.30. The first-order chi connectivity index (χ1) is 12.6. The summed E-state index contributed by atoms with van der Waals surface area (Å²) in [6.07, 6.45) is 0. The van der Waals surface area contributed by atoms with Crippen molar-refractivity contribution in [2.45, 2.75) is 17.8 Å². The van der Waals surface area contributed by atoms with Gasteiger partial charge in [0.15, 0.2) is 5.16 Å². The fourth-order valence-electron chi connectivity index (χ4n) is 2.43. The zero-order chi connectivity index (χ0) is 18.4. The number of H-pyrrole nitrogens is 1. The van der Waals surface area contributed by atoms with E-state index in [4.69, 9.17) is 0 Å². The summed E-state index contributed by atoms with van der Waals surface area (Å²) >= 11 is 2.93. The Morgan fingerprint density at radius 3 is 2.77 bits per heavy atom. The molecule has 0 radical (unpaired) electrons. The first kappa shape index (κ1) is 18.5. The van der Waals surface area contributed by atoms with Gasteiger partial charge in [0, 0.05) is 17.5 Å². The first-order valence-electron chi connectivity index (χ1n) is 8.23. The molecule has 3 rings (SSSR count). The van der Waals surface area contributed by atoms with Crippen LogP contribution in [0.25, 0.3) is 10.8 Å². The number of hydrogen-bond donors (Lipinski definition) is 2. The zero-order valence-corrected chi connectivity index (χ0v) is 16.0. The molecule has 1 amide bonds. The third-order valence-corrected chi connectivity index (χ3v) is 5.38. The summed E-state index contributed by atoms with van der Waals surface area (Å²) in [6, 6.07) is 15.3. The van der Waals surface area contributed by atoms with Crippen molar-refractivity contribution in [3.05, 3.63) is 64.6 Å². The number of benzene rings is 2. The molecular weight excluding hydrogens is 366 g/mol. The van der Waals surface area contributed by atoms with Gasteiger partial charge in [-0.3, -0.25) is 9.59 Å². The van der Waals surface area contributed by atoms with Crippen molar-refractivity contribution in [1.82, 2.24) is 9.97 Å². The number of rotatable bonds is 7. The predicted octanol–water partition coefficient (Wildman–Crippen LogP) is 3.91. The van der Waals surface area contributed by atoms with Crippen molar-refractivity contribution < 1.29 is 4.79 Å². The average Bonchev–Trinajstić information content (AvgIpc) is 2.64. The topological polar surface area (TPSA) is 74.8 Å². The van der Waals surface area contributed by atoms with E-state index in [-0.39, 0.29) is 17.2 Å². The lowest BCUT2D eigenvalue weighted by Gasteiger charge is -2.07. The van der Waals surface area contributed by atoms with Gasteiger partial charge in [-0.1, -0.05) is 49.0 Å². The van der Waals surface area contributed by atoms with Crippen molar-refractivity contribution >= 4 is 45.9 Å². The Kier molecular flexibility index (Phi) is 6.35. The Morgan fingerprint density at radius 1 is 1.15 bits per heavy atom. The molecule has 2 aromatic carbocycles. The molecule has 26 heavy (non-hydrogen) atoms. The third-order valence-electron chi connectivity index (χ3n) is 3.60. The minimum atomic E-state index is -0.191. The highest BCUT2D eigenvalue weighted by Crippen LogP contribution is 2.20. The number of aromatic amines is 1. The number of anilines is 1. The first-order valence-corrected chi connectivity index (χ1v) is 10.4. The van der Waals surface area contributed by atoms with Crippen LogP contribution in [-0.4, -0.2) is 27.4 Å². The van der Waals surface area contributed by atoms with Gasteiger partial charge in [0.25, 0.3) is 5.56 Å². The van der Waals surface area contributed by atoms with E-state index in [1.54, 1.807) is 11.8 Å². The molecular formula is C19H19N3O2S2. The van der Waals surface area contributed by atoms with Gasteiger partial charge in [0.05, 0.1) is 11.4 Å². The van der Waals surface area contributed by atoms with E-state index >= 15 is 0 Å². The molecule has 1 aromatic heterocycles. The van der Waals surface area contributed by atoms with Gasteiger partial charge < -0.3 is 10.3 Å². The van der Waals surface area contributed by atoms with Crippen LogP contribution in [0.1, 0.15) is 12.6 Å². The minimum Gasteiger partial charge on any atom is -0.325 e. The molecule has 0 saturated heterocycles. The van der Waals surface area contributed by atoms with Crippen LogP contribution in [0, 0.1) is 0 Å². The van der Waals surface area contributed by atoms with Gasteiger partial charge in [-0.05, 0) is 28.7 Å². The van der Waals surface area contributed by atoms with E-state index < -0.39 is 0 Å². The van der Waals surface area contributed by atoms with Gasteiger partial charge in [-0.15, -0.1) is 0 Å². The number of aromatic nitrogens is 2. The monoisotopic (exact) mass is 385 g/mol. The number of amides is 1. The van der Waals surface area contributed by atoms with Crippen LogP contribution in [-0.2, 0) is 10.5 Å². The number of thioether (sulfide) groups is 2. The standard InChI is InChI=1S/C19H19N3O2S2/c1-2-25-11-16-10-17(23)22-19(21-16)26-12-18(24)20-15-8-7-13-5-3-4-6-14(13)9-15/h3-10H,2,11-12H2,1H3,(H,20,24)(H,21,22,23). The summed E-state index contributed by atoms with van der Waals surface area (Å²) < 4.78 is 0. The summed E-state index contributed by atoms with van der Waals surface area (Å²) in [5.74, 6) is 1.70. The molecule has 134 valence electrons. The van der Waals surface area contributed by atoms with E-state index in [2.05, 4.69) is 22.2 Å². The van der Waals surface area contributed by atoms with E-state index in [1.165, 1.54) is 17.8 Å². The predicted molar refractivity (Wildman–Crippen MR) is 110 cm³/mol. The van der Waals surface area contributed by atoms with Crippen LogP contribution in [0.4, 0.5) is 5.69 Å². The maximum atomic E-state index is 12.2. The zero-order valence-electron chi connectivity index (χ0n) is 14.3. The number of nitrogens with zero attached hydrogens (tertiary/aromatic N) is 1. The van der Waals surface area contributed by atoms with Crippen LogP contribution < -0.4 is 10.9 Å². The molecule has 0 aliphatic carbocycles. The maximum absolute atomic E-state index is 12.2. The second-order valence-corrected chi connectivity index (χ2v) is 7.82. The van der Waals surface area contributed by atoms with Gasteiger partial charge >= 0.3 is 0 Å². The second-order valence-electron chi connectivity index (χ2n) is 5.58. The molecule has 0 aliphatic rings. The molecule has 0 atom stereocenters. The van der Waals surface area contributed by atoms with E-state index in [9.17, 15) is 9.59 Å². The number of nitrogens with one attached hydrogen (secondary N) is 2. The average molecular weight is 386 g/mol. The second kappa shape index (κ2) is 8.91. The van der Waals surface area contributed by atoms with Crippen LogP contribution in [0.15, 0.2) is 58.5 Å². The Bertz CT molecular complexity index is 972. The number of fused-ring (bicyclic) bond motifs is 1. The maximum Gasteiger partial charge on any atom is 0.251 e. The van der Waals surface area contributed by atoms with Crippen molar-refractivity contribution in [3.8, 4) is 0 Å². The number of carbonyl (C=O) groups excluding carboxylic acids is 1. The van der Waals surface area contributed by atoms with Crippen molar-refractivity contribution in [2.75, 3.05) is 16.8 Å². The third kappa shape index (κ3) is 5.12. The highest BCUT2D eigenvalue weighted by molar-refractivity contribution is 7.99. The van der Waals surface area contributed by atoms with Gasteiger partial charge in [0.1, 0.15) is 0 Å². The number of hydrogen-bond acceptors (Lipinski definition) is 5. The molecule has 0 aliphatic heterocycles. The molecule has 0 saturated carbocycles. The summed E-state index contributed by atoms with van der Waals surface area (Å²) in [4.78, 5) is 31.0. The largest absolute Gasteiger partial charge is 0.325 e. The van der Waals surface area contributed by atoms with Crippen molar-refractivity contribution in [1.29, 1.82) is 0 Å².